The molecule has 0 fully saturated rings. The van der Waals surface area contributed by atoms with Gasteiger partial charge in [0, 0.05) is 23.7 Å². The summed E-state index contributed by atoms with van der Waals surface area (Å²) in [6, 6.07) is 15.7. The van der Waals surface area contributed by atoms with Crippen molar-refractivity contribution in [3.63, 3.8) is 0 Å². The first kappa shape index (κ1) is 27.1. The number of rotatable bonds is 6. The van der Waals surface area contributed by atoms with Crippen LogP contribution in [0.4, 0.5) is 26.8 Å². The van der Waals surface area contributed by atoms with Crippen molar-refractivity contribution in [2.24, 2.45) is 0 Å². The molecule has 200 valence electrons. The summed E-state index contributed by atoms with van der Waals surface area (Å²) in [4.78, 5) is 35.9. The molecule has 1 aromatic heterocycles. The van der Waals surface area contributed by atoms with Gasteiger partial charge in [0.05, 0.1) is 44.4 Å². The lowest BCUT2D eigenvalue weighted by molar-refractivity contribution is 0.0576. The van der Waals surface area contributed by atoms with Gasteiger partial charge >= 0.3 is 12.1 Å². The van der Waals surface area contributed by atoms with E-state index in [2.05, 4.69) is 0 Å². The van der Waals surface area contributed by atoms with Crippen LogP contribution in [0.15, 0.2) is 54.6 Å². The van der Waals surface area contributed by atoms with Crippen LogP contribution in [0.25, 0.3) is 0 Å². The Labute approximate surface area is 227 Å². The van der Waals surface area contributed by atoms with Crippen LogP contribution in [-0.4, -0.2) is 48.9 Å². The number of hydrogen-bond acceptors (Lipinski definition) is 6. The molecule has 0 N–H and O–H groups in total. The molecule has 0 saturated heterocycles. The van der Waals surface area contributed by atoms with E-state index in [1.54, 1.807) is 79.6 Å². The second-order valence-corrected chi connectivity index (χ2v) is 10.3. The molecule has 3 aromatic rings. The van der Waals surface area contributed by atoms with E-state index < -0.39 is 11.7 Å². The molecule has 0 bridgehead atoms. The number of nitrogens with zero attached hydrogens (tertiary/aromatic N) is 4. The number of benzene rings is 2. The van der Waals surface area contributed by atoms with Crippen molar-refractivity contribution in [3.8, 4) is 11.5 Å². The number of carbonyl (C=O) groups is 2. The maximum atomic E-state index is 13.4. The van der Waals surface area contributed by atoms with Gasteiger partial charge < -0.3 is 19.1 Å². The molecule has 1 aliphatic heterocycles. The third-order valence-corrected chi connectivity index (χ3v) is 6.13. The van der Waals surface area contributed by atoms with Crippen LogP contribution < -0.4 is 19.3 Å². The zero-order valence-electron chi connectivity index (χ0n) is 22.3. The molecule has 3 amide bonds. The van der Waals surface area contributed by atoms with Crippen LogP contribution in [0.5, 0.6) is 11.5 Å². The van der Waals surface area contributed by atoms with Crippen LogP contribution in [-0.2, 0) is 17.8 Å². The molecule has 0 saturated carbocycles. The summed E-state index contributed by atoms with van der Waals surface area (Å²) in [5.41, 5.74) is 1.95. The molecule has 0 atom stereocenters. The maximum absolute atomic E-state index is 13.4. The first-order chi connectivity index (χ1) is 18.0. The van der Waals surface area contributed by atoms with Crippen molar-refractivity contribution < 1.29 is 23.8 Å². The number of pyridine rings is 1. The van der Waals surface area contributed by atoms with E-state index >= 15 is 0 Å². The molecular weight excluding hydrogens is 508 g/mol. The highest BCUT2D eigenvalue weighted by molar-refractivity contribution is 6.30. The van der Waals surface area contributed by atoms with E-state index in [0.29, 0.717) is 39.4 Å². The summed E-state index contributed by atoms with van der Waals surface area (Å²) in [5, 5.41) is 0.572. The Kier molecular flexibility index (Phi) is 7.68. The fourth-order valence-corrected chi connectivity index (χ4v) is 4.19. The van der Waals surface area contributed by atoms with E-state index in [-0.39, 0.29) is 19.1 Å². The Hall–Kier alpha value is -3.98. The summed E-state index contributed by atoms with van der Waals surface area (Å²) in [7, 11) is 4.84. The number of anilines is 3. The van der Waals surface area contributed by atoms with Gasteiger partial charge in [-0.15, -0.1) is 0 Å². The Morgan fingerprint density at radius 2 is 1.76 bits per heavy atom. The van der Waals surface area contributed by atoms with Crippen molar-refractivity contribution in [3.05, 3.63) is 70.9 Å². The predicted molar refractivity (Wildman–Crippen MR) is 147 cm³/mol. The summed E-state index contributed by atoms with van der Waals surface area (Å²) < 4.78 is 16.6. The second kappa shape index (κ2) is 10.8. The van der Waals surface area contributed by atoms with Gasteiger partial charge in [-0.1, -0.05) is 11.6 Å². The van der Waals surface area contributed by atoms with Crippen LogP contribution in [0, 0.1) is 0 Å². The third-order valence-electron chi connectivity index (χ3n) is 5.88. The van der Waals surface area contributed by atoms with Gasteiger partial charge in [0.2, 0.25) is 0 Å². The third kappa shape index (κ3) is 5.78. The molecule has 2 aromatic carbocycles. The summed E-state index contributed by atoms with van der Waals surface area (Å²) in [5.74, 6) is 1.58. The molecule has 10 heteroatoms. The number of hydrogen-bond donors (Lipinski definition) is 0. The quantitative estimate of drug-likeness (QED) is 0.361. The Morgan fingerprint density at radius 1 is 1.05 bits per heavy atom. The number of aromatic nitrogens is 1. The lowest BCUT2D eigenvalue weighted by atomic mass is 10.1. The topological polar surface area (TPSA) is 84.4 Å². The van der Waals surface area contributed by atoms with E-state index in [1.165, 1.54) is 4.90 Å². The summed E-state index contributed by atoms with van der Waals surface area (Å²) in [6.07, 6.45) is -0.558. The first-order valence-corrected chi connectivity index (χ1v) is 12.4. The number of methoxy groups -OCH3 is 2. The van der Waals surface area contributed by atoms with Crippen molar-refractivity contribution in [1.82, 2.24) is 9.88 Å². The average molecular weight is 539 g/mol. The van der Waals surface area contributed by atoms with E-state index in [4.69, 9.17) is 30.8 Å². The van der Waals surface area contributed by atoms with Crippen LogP contribution in [0.1, 0.15) is 32.0 Å². The van der Waals surface area contributed by atoms with E-state index in [1.807, 2.05) is 26.8 Å². The lowest BCUT2D eigenvalue weighted by Gasteiger charge is -2.35. The number of urea groups is 1. The monoisotopic (exact) mass is 538 g/mol. The lowest BCUT2D eigenvalue weighted by Crippen LogP contribution is -2.43. The molecule has 1 aliphatic rings. The Balaban J connectivity index is 1.76. The number of carbonyl (C=O) groups excluding carboxylic acids is 2. The second-order valence-electron chi connectivity index (χ2n) is 9.83. The first-order valence-electron chi connectivity index (χ1n) is 12.0. The largest absolute Gasteiger partial charge is 0.497 e. The number of halogens is 1. The van der Waals surface area contributed by atoms with E-state index in [0.717, 1.165) is 5.56 Å². The number of amides is 3. The molecule has 38 heavy (non-hydrogen) atoms. The maximum Gasteiger partial charge on any atom is 0.416 e. The molecule has 2 heterocycles. The van der Waals surface area contributed by atoms with E-state index in [9.17, 15) is 9.59 Å². The molecular formula is C28H31ClN4O5. The van der Waals surface area contributed by atoms with Crippen molar-refractivity contribution in [1.29, 1.82) is 0 Å². The smallest absolute Gasteiger partial charge is 0.416 e. The molecule has 4 rings (SSSR count). The van der Waals surface area contributed by atoms with Gasteiger partial charge in [0.1, 0.15) is 22.9 Å². The van der Waals surface area contributed by atoms with Crippen LogP contribution in [0.3, 0.4) is 0 Å². The fourth-order valence-electron chi connectivity index (χ4n) is 4.07. The van der Waals surface area contributed by atoms with Crippen LogP contribution >= 0.6 is 11.6 Å². The SMILES string of the molecule is COc1ccc(CN(C(=O)OC(C)(C)C)c2ccc3c(n2)CN(C)C(=O)N3c2ccc(Cl)cc2)c(OC)c1. The van der Waals surface area contributed by atoms with Crippen molar-refractivity contribution >= 4 is 40.9 Å². The summed E-state index contributed by atoms with van der Waals surface area (Å²) >= 11 is 6.06. The zero-order chi connectivity index (χ0) is 27.6. The highest BCUT2D eigenvalue weighted by atomic mass is 35.5. The minimum atomic E-state index is -0.717. The Morgan fingerprint density at radius 3 is 2.39 bits per heavy atom. The van der Waals surface area contributed by atoms with Crippen LogP contribution in [0.2, 0.25) is 5.02 Å². The molecule has 0 unspecified atom stereocenters. The normalized spacial score (nSPS) is 13.2. The number of fused-ring (bicyclic) bond motifs is 1. The highest BCUT2D eigenvalue weighted by Crippen LogP contribution is 2.36. The minimum absolute atomic E-state index is 0.142. The zero-order valence-corrected chi connectivity index (χ0v) is 23.1. The predicted octanol–water partition coefficient (Wildman–Crippen LogP) is 6.40. The average Bonchev–Trinajstić information content (AvgIpc) is 2.87. The molecule has 0 aliphatic carbocycles. The standard InChI is InChI=1S/C28H31ClN4O5/c1-28(2,3)38-27(35)32(16-18-7-12-21(36-5)15-24(18)37-6)25-14-13-23-22(30-25)17-31(4)26(34)33(23)20-10-8-19(29)9-11-20/h7-15H,16-17H2,1-6H3. The van der Waals surface area contributed by atoms with Gasteiger partial charge in [0.25, 0.3) is 0 Å². The molecule has 0 radical (unpaired) electrons. The number of ether oxygens (including phenoxy) is 3. The highest BCUT2D eigenvalue weighted by Gasteiger charge is 2.32. The van der Waals surface area contributed by atoms with Gasteiger partial charge in [-0.3, -0.25) is 9.80 Å². The van der Waals surface area contributed by atoms with Gasteiger partial charge in [0.15, 0.2) is 0 Å². The molecule has 0 spiro atoms. The summed E-state index contributed by atoms with van der Waals surface area (Å²) in [6.45, 7) is 5.84. The van der Waals surface area contributed by atoms with Gasteiger partial charge in [-0.25, -0.2) is 14.6 Å². The van der Waals surface area contributed by atoms with Gasteiger partial charge in [-0.2, -0.15) is 0 Å². The fraction of sp³-hybridized carbons (Fsp3) is 0.321. The van der Waals surface area contributed by atoms with Gasteiger partial charge in [-0.05, 0) is 69.3 Å². The minimum Gasteiger partial charge on any atom is -0.497 e. The molecule has 9 nitrogen and oxygen atoms in total. The van der Waals surface area contributed by atoms with Crippen molar-refractivity contribution in [2.45, 2.75) is 39.5 Å². The van der Waals surface area contributed by atoms with Crippen molar-refractivity contribution in [2.75, 3.05) is 31.1 Å². The Bertz CT molecular complexity index is 1340.